The Labute approximate surface area is 153 Å². The van der Waals surface area contributed by atoms with Gasteiger partial charge in [-0.1, -0.05) is 67.6 Å². The van der Waals surface area contributed by atoms with E-state index in [2.05, 4.69) is 30.4 Å². The van der Waals surface area contributed by atoms with E-state index < -0.39 is 0 Å². The van der Waals surface area contributed by atoms with Crippen LogP contribution in [-0.4, -0.2) is 11.0 Å². The standard InChI is InChI=1S/C21H23NO2S/c1-3-7-16-11-10-14(2)12-19(16)25-20-18(23)13-17(22-21(20)24)15-8-5-4-6-9-15/h4-6,8-12,17,23H,3,7,13H2,1-2H3,(H,22,24). The minimum atomic E-state index is -0.202. The highest BCUT2D eigenvalue weighted by Gasteiger charge is 2.28. The van der Waals surface area contributed by atoms with Crippen molar-refractivity contribution in [2.45, 2.75) is 44.0 Å². The van der Waals surface area contributed by atoms with Crippen LogP contribution < -0.4 is 5.32 Å². The van der Waals surface area contributed by atoms with Crippen LogP contribution in [0.1, 0.15) is 42.5 Å². The van der Waals surface area contributed by atoms with Gasteiger partial charge in [0.15, 0.2) is 0 Å². The van der Waals surface area contributed by atoms with Crippen molar-refractivity contribution in [3.63, 3.8) is 0 Å². The molecule has 1 unspecified atom stereocenters. The van der Waals surface area contributed by atoms with E-state index in [0.717, 1.165) is 28.9 Å². The summed E-state index contributed by atoms with van der Waals surface area (Å²) in [5.41, 5.74) is 3.38. The Balaban J connectivity index is 1.86. The van der Waals surface area contributed by atoms with Gasteiger partial charge in [-0.05, 0) is 36.1 Å². The second-order valence-electron chi connectivity index (χ2n) is 6.38. The lowest BCUT2D eigenvalue weighted by atomic mass is 10.00. The van der Waals surface area contributed by atoms with Gasteiger partial charge < -0.3 is 10.4 Å². The molecular formula is C21H23NO2S. The first kappa shape index (κ1) is 17.6. The van der Waals surface area contributed by atoms with Crippen molar-refractivity contribution in [2.75, 3.05) is 0 Å². The zero-order valence-corrected chi connectivity index (χ0v) is 15.4. The molecule has 0 spiro atoms. The third-order valence-electron chi connectivity index (χ3n) is 4.33. The number of carbonyl (C=O) groups is 1. The third kappa shape index (κ3) is 4.07. The summed E-state index contributed by atoms with van der Waals surface area (Å²) in [6, 6.07) is 15.9. The quantitative estimate of drug-likeness (QED) is 0.789. The Morgan fingerprint density at radius 1 is 1.20 bits per heavy atom. The van der Waals surface area contributed by atoms with Crippen LogP contribution in [0.15, 0.2) is 64.1 Å². The van der Waals surface area contributed by atoms with Gasteiger partial charge in [0.1, 0.15) is 10.7 Å². The van der Waals surface area contributed by atoms with Crippen LogP contribution in [0, 0.1) is 6.92 Å². The van der Waals surface area contributed by atoms with Gasteiger partial charge in [0, 0.05) is 11.3 Å². The van der Waals surface area contributed by atoms with Gasteiger partial charge in [-0.2, -0.15) is 0 Å². The number of thioether (sulfide) groups is 1. The number of aliphatic hydroxyl groups is 1. The second-order valence-corrected chi connectivity index (χ2v) is 7.43. The van der Waals surface area contributed by atoms with Crippen molar-refractivity contribution in [1.82, 2.24) is 5.32 Å². The molecule has 1 aliphatic heterocycles. The molecule has 25 heavy (non-hydrogen) atoms. The lowest BCUT2D eigenvalue weighted by molar-refractivity contribution is -0.118. The summed E-state index contributed by atoms with van der Waals surface area (Å²) in [6.45, 7) is 4.18. The van der Waals surface area contributed by atoms with E-state index in [-0.39, 0.29) is 17.7 Å². The molecule has 3 rings (SSSR count). The van der Waals surface area contributed by atoms with E-state index in [1.165, 1.54) is 17.3 Å². The lowest BCUT2D eigenvalue weighted by Gasteiger charge is -2.25. The van der Waals surface area contributed by atoms with E-state index in [1.807, 2.05) is 37.3 Å². The maximum atomic E-state index is 12.6. The van der Waals surface area contributed by atoms with E-state index in [0.29, 0.717) is 11.3 Å². The summed E-state index contributed by atoms with van der Waals surface area (Å²) >= 11 is 1.38. The van der Waals surface area contributed by atoms with Crippen molar-refractivity contribution < 1.29 is 9.90 Å². The lowest BCUT2D eigenvalue weighted by Crippen LogP contribution is -2.34. The zero-order chi connectivity index (χ0) is 17.8. The summed E-state index contributed by atoms with van der Waals surface area (Å²) < 4.78 is 0. The monoisotopic (exact) mass is 353 g/mol. The Morgan fingerprint density at radius 2 is 1.96 bits per heavy atom. The summed E-state index contributed by atoms with van der Waals surface area (Å²) in [5, 5.41) is 13.5. The molecule has 0 aliphatic carbocycles. The van der Waals surface area contributed by atoms with Crippen molar-refractivity contribution in [3.8, 4) is 0 Å². The SMILES string of the molecule is CCCc1ccc(C)cc1SC1=C(O)CC(c2ccccc2)NC1=O. The van der Waals surface area contributed by atoms with Crippen LogP contribution in [0.4, 0.5) is 0 Å². The minimum Gasteiger partial charge on any atom is -0.511 e. The smallest absolute Gasteiger partial charge is 0.261 e. The van der Waals surface area contributed by atoms with Gasteiger partial charge in [-0.15, -0.1) is 0 Å². The summed E-state index contributed by atoms with van der Waals surface area (Å²) in [7, 11) is 0. The highest BCUT2D eigenvalue weighted by atomic mass is 32.2. The highest BCUT2D eigenvalue weighted by molar-refractivity contribution is 8.04. The van der Waals surface area contributed by atoms with Crippen LogP contribution in [0.2, 0.25) is 0 Å². The van der Waals surface area contributed by atoms with Crippen LogP contribution in [0.25, 0.3) is 0 Å². The van der Waals surface area contributed by atoms with Crippen molar-refractivity contribution in [2.24, 2.45) is 0 Å². The first-order valence-electron chi connectivity index (χ1n) is 8.63. The Kier molecular flexibility index (Phi) is 5.49. The molecule has 0 radical (unpaired) electrons. The number of hydrogen-bond donors (Lipinski definition) is 2. The second kappa shape index (κ2) is 7.79. The number of benzene rings is 2. The summed E-state index contributed by atoms with van der Waals surface area (Å²) in [5.74, 6) is -0.0295. The summed E-state index contributed by atoms with van der Waals surface area (Å²) in [6.07, 6.45) is 2.43. The van der Waals surface area contributed by atoms with E-state index in [4.69, 9.17) is 0 Å². The van der Waals surface area contributed by atoms with Crippen molar-refractivity contribution in [3.05, 3.63) is 75.9 Å². The van der Waals surface area contributed by atoms with Crippen molar-refractivity contribution >= 4 is 17.7 Å². The van der Waals surface area contributed by atoms with Crippen LogP contribution in [-0.2, 0) is 11.2 Å². The fourth-order valence-electron chi connectivity index (χ4n) is 3.03. The number of rotatable bonds is 5. The Hall–Kier alpha value is -2.20. The van der Waals surface area contributed by atoms with E-state index in [9.17, 15) is 9.90 Å². The Bertz CT molecular complexity index is 799. The van der Waals surface area contributed by atoms with Crippen LogP contribution in [0.5, 0.6) is 0 Å². The largest absolute Gasteiger partial charge is 0.511 e. The number of hydrogen-bond acceptors (Lipinski definition) is 3. The molecule has 0 bridgehead atoms. The zero-order valence-electron chi connectivity index (χ0n) is 14.6. The average molecular weight is 353 g/mol. The molecule has 130 valence electrons. The fraction of sp³-hybridized carbons (Fsp3) is 0.286. The third-order valence-corrected chi connectivity index (χ3v) is 5.55. The molecule has 0 saturated carbocycles. The fourth-order valence-corrected chi connectivity index (χ4v) is 4.15. The molecule has 0 fully saturated rings. The molecule has 0 saturated heterocycles. The maximum Gasteiger partial charge on any atom is 0.261 e. The molecule has 2 N–H and O–H groups in total. The number of amides is 1. The van der Waals surface area contributed by atoms with E-state index in [1.54, 1.807) is 0 Å². The first-order chi connectivity index (χ1) is 12.1. The number of carbonyl (C=O) groups excluding carboxylic acids is 1. The number of aryl methyl sites for hydroxylation is 2. The van der Waals surface area contributed by atoms with Crippen molar-refractivity contribution in [1.29, 1.82) is 0 Å². The molecule has 4 heteroatoms. The van der Waals surface area contributed by atoms with Gasteiger partial charge in [0.25, 0.3) is 5.91 Å². The molecule has 3 nitrogen and oxygen atoms in total. The van der Waals surface area contributed by atoms with Gasteiger partial charge in [-0.3, -0.25) is 4.79 Å². The average Bonchev–Trinajstić information content (AvgIpc) is 2.61. The number of nitrogens with one attached hydrogen (secondary N) is 1. The number of aliphatic hydroxyl groups excluding tert-OH is 1. The predicted octanol–water partition coefficient (Wildman–Crippen LogP) is 5.07. The van der Waals surface area contributed by atoms with Gasteiger partial charge in [-0.25, -0.2) is 0 Å². The molecule has 2 aromatic carbocycles. The van der Waals surface area contributed by atoms with Crippen LogP contribution in [0.3, 0.4) is 0 Å². The molecule has 1 aliphatic rings. The maximum absolute atomic E-state index is 12.6. The van der Waals surface area contributed by atoms with Crippen LogP contribution >= 0.6 is 11.8 Å². The topological polar surface area (TPSA) is 49.3 Å². The Morgan fingerprint density at radius 3 is 2.64 bits per heavy atom. The van der Waals surface area contributed by atoms with Gasteiger partial charge >= 0.3 is 0 Å². The molecule has 1 amide bonds. The van der Waals surface area contributed by atoms with E-state index >= 15 is 0 Å². The normalized spacial score (nSPS) is 17.5. The first-order valence-corrected chi connectivity index (χ1v) is 9.45. The summed E-state index contributed by atoms with van der Waals surface area (Å²) in [4.78, 5) is 14.1. The molecule has 1 atom stereocenters. The predicted molar refractivity (Wildman–Crippen MR) is 103 cm³/mol. The molecular weight excluding hydrogens is 330 g/mol. The minimum absolute atomic E-state index is 0.173. The highest BCUT2D eigenvalue weighted by Crippen LogP contribution is 2.37. The molecule has 2 aromatic rings. The molecule has 0 aromatic heterocycles. The molecule has 1 heterocycles. The van der Waals surface area contributed by atoms with Gasteiger partial charge in [0.05, 0.1) is 6.04 Å². The van der Waals surface area contributed by atoms with Gasteiger partial charge in [0.2, 0.25) is 0 Å².